The molecule has 150 valence electrons. The number of carbonyl (C=O) groups is 2. The molecular formula is C21H31FN2O3. The summed E-state index contributed by atoms with van der Waals surface area (Å²) in [7, 11) is 0. The minimum absolute atomic E-state index is 0.0573. The van der Waals surface area contributed by atoms with Gasteiger partial charge in [-0.15, -0.1) is 0 Å². The molecule has 0 radical (unpaired) electrons. The van der Waals surface area contributed by atoms with Crippen LogP contribution in [0.2, 0.25) is 0 Å². The predicted octanol–water partition coefficient (Wildman–Crippen LogP) is 3.08. The average Bonchev–Trinajstić information content (AvgIpc) is 2.70. The van der Waals surface area contributed by atoms with E-state index in [0.717, 1.165) is 5.56 Å². The van der Waals surface area contributed by atoms with Gasteiger partial charge >= 0.3 is 0 Å². The highest BCUT2D eigenvalue weighted by molar-refractivity contribution is 5.87. The molecule has 1 heterocycles. The van der Waals surface area contributed by atoms with Gasteiger partial charge < -0.3 is 14.5 Å². The number of nitrogens with zero attached hydrogens (tertiary/aromatic N) is 2. The first kappa shape index (κ1) is 21.4. The van der Waals surface area contributed by atoms with Gasteiger partial charge in [-0.2, -0.15) is 0 Å². The molecular weight excluding hydrogens is 347 g/mol. The van der Waals surface area contributed by atoms with Gasteiger partial charge in [0.2, 0.25) is 11.8 Å². The van der Waals surface area contributed by atoms with Crippen molar-refractivity contribution in [2.24, 2.45) is 11.3 Å². The number of hydrogen-bond donors (Lipinski definition) is 0. The normalized spacial score (nSPS) is 18.8. The molecule has 0 unspecified atom stereocenters. The molecule has 1 fully saturated rings. The molecule has 0 aliphatic carbocycles. The van der Waals surface area contributed by atoms with Crippen molar-refractivity contribution in [3.63, 3.8) is 0 Å². The maximum Gasteiger partial charge on any atom is 0.242 e. The van der Waals surface area contributed by atoms with Gasteiger partial charge in [0.1, 0.15) is 5.82 Å². The summed E-state index contributed by atoms with van der Waals surface area (Å²) in [6, 6.07) is 6.27. The third-order valence-corrected chi connectivity index (χ3v) is 4.42. The largest absolute Gasteiger partial charge is 0.370 e. The second kappa shape index (κ2) is 8.83. The fourth-order valence-electron chi connectivity index (χ4n) is 3.17. The van der Waals surface area contributed by atoms with Crippen molar-refractivity contribution in [2.45, 2.75) is 47.3 Å². The van der Waals surface area contributed by atoms with E-state index in [-0.39, 0.29) is 36.9 Å². The maximum atomic E-state index is 13.4. The van der Waals surface area contributed by atoms with Crippen LogP contribution in [0.5, 0.6) is 0 Å². The smallest absolute Gasteiger partial charge is 0.242 e. The number of benzene rings is 1. The summed E-state index contributed by atoms with van der Waals surface area (Å²) >= 11 is 0. The van der Waals surface area contributed by atoms with E-state index in [1.54, 1.807) is 21.9 Å². The highest BCUT2D eigenvalue weighted by Crippen LogP contribution is 2.21. The highest BCUT2D eigenvalue weighted by Gasteiger charge is 2.35. The second-order valence-corrected chi connectivity index (χ2v) is 8.69. The third-order valence-electron chi connectivity index (χ3n) is 4.42. The first-order chi connectivity index (χ1) is 12.6. The van der Waals surface area contributed by atoms with Crippen LogP contribution in [0.3, 0.4) is 0 Å². The number of ether oxygens (including phenoxy) is 1. The molecule has 1 aromatic carbocycles. The molecule has 6 heteroatoms. The highest BCUT2D eigenvalue weighted by atomic mass is 19.1. The first-order valence-electron chi connectivity index (χ1n) is 9.49. The second-order valence-electron chi connectivity index (χ2n) is 8.69. The van der Waals surface area contributed by atoms with Crippen LogP contribution in [0, 0.1) is 17.2 Å². The Balaban J connectivity index is 2.15. The molecule has 2 amide bonds. The fraction of sp³-hybridized carbons (Fsp3) is 0.619. The standard InChI is InChI=1S/C21H31FN2O3/c1-15(2)10-23-11-18(27-14-16-7-6-8-17(22)9-16)12-24(13-19(23)25)20(26)21(3,4)5/h6-9,15,18H,10-14H2,1-5H3/t18-/m0/s1. The molecule has 5 nitrogen and oxygen atoms in total. The summed E-state index contributed by atoms with van der Waals surface area (Å²) in [6.45, 7) is 11.4. The summed E-state index contributed by atoms with van der Waals surface area (Å²) < 4.78 is 19.4. The summed E-state index contributed by atoms with van der Waals surface area (Å²) in [5.74, 6) is -0.111. The average molecular weight is 378 g/mol. The lowest BCUT2D eigenvalue weighted by Gasteiger charge is -2.29. The van der Waals surface area contributed by atoms with Crippen LogP contribution in [-0.2, 0) is 20.9 Å². The zero-order chi connectivity index (χ0) is 20.2. The van der Waals surface area contributed by atoms with Crippen molar-refractivity contribution in [3.8, 4) is 0 Å². The number of halogens is 1. The van der Waals surface area contributed by atoms with Crippen LogP contribution in [0.1, 0.15) is 40.2 Å². The Morgan fingerprint density at radius 1 is 1.30 bits per heavy atom. The molecule has 1 aromatic rings. The quantitative estimate of drug-likeness (QED) is 0.791. The number of amides is 2. The zero-order valence-electron chi connectivity index (χ0n) is 17.0. The van der Waals surface area contributed by atoms with E-state index in [9.17, 15) is 14.0 Å². The van der Waals surface area contributed by atoms with Gasteiger partial charge in [0.15, 0.2) is 0 Å². The molecule has 1 atom stereocenters. The lowest BCUT2D eigenvalue weighted by molar-refractivity contribution is -0.144. The zero-order valence-corrected chi connectivity index (χ0v) is 17.0. The maximum absolute atomic E-state index is 13.4. The summed E-state index contributed by atoms with van der Waals surface area (Å²) in [5, 5.41) is 0. The summed E-state index contributed by atoms with van der Waals surface area (Å²) in [6.07, 6.45) is -0.315. The number of rotatable bonds is 5. The molecule has 0 spiro atoms. The first-order valence-corrected chi connectivity index (χ1v) is 9.49. The van der Waals surface area contributed by atoms with E-state index in [1.165, 1.54) is 12.1 Å². The molecule has 27 heavy (non-hydrogen) atoms. The van der Waals surface area contributed by atoms with Gasteiger partial charge in [0.05, 0.1) is 19.3 Å². The van der Waals surface area contributed by atoms with E-state index in [1.807, 2.05) is 20.8 Å². The fourth-order valence-corrected chi connectivity index (χ4v) is 3.17. The van der Waals surface area contributed by atoms with Crippen molar-refractivity contribution >= 4 is 11.8 Å². The lowest BCUT2D eigenvalue weighted by Crippen LogP contribution is -2.45. The molecule has 0 aromatic heterocycles. The van der Waals surface area contributed by atoms with E-state index in [4.69, 9.17) is 4.74 Å². The Morgan fingerprint density at radius 2 is 2.00 bits per heavy atom. The van der Waals surface area contributed by atoms with E-state index in [2.05, 4.69) is 13.8 Å². The van der Waals surface area contributed by atoms with Gasteiger partial charge in [-0.05, 0) is 23.6 Å². The Labute approximate surface area is 161 Å². The molecule has 0 N–H and O–H groups in total. The minimum atomic E-state index is -0.569. The van der Waals surface area contributed by atoms with Gasteiger partial charge in [-0.3, -0.25) is 9.59 Å². The van der Waals surface area contributed by atoms with Gasteiger partial charge in [0, 0.05) is 25.0 Å². The topological polar surface area (TPSA) is 49.9 Å². The minimum Gasteiger partial charge on any atom is -0.370 e. The van der Waals surface area contributed by atoms with Gasteiger partial charge in [-0.25, -0.2) is 4.39 Å². The van der Waals surface area contributed by atoms with Crippen molar-refractivity contribution in [1.82, 2.24) is 9.80 Å². The van der Waals surface area contributed by atoms with E-state index < -0.39 is 5.41 Å². The van der Waals surface area contributed by atoms with E-state index >= 15 is 0 Å². The Hall–Kier alpha value is -1.95. The lowest BCUT2D eigenvalue weighted by atomic mass is 9.94. The SMILES string of the molecule is CC(C)CN1C[C@H](OCc2cccc(F)c2)CN(C(=O)C(C)(C)C)CC1=O. The van der Waals surface area contributed by atoms with Crippen molar-refractivity contribution in [1.29, 1.82) is 0 Å². The number of carbonyl (C=O) groups excluding carboxylic acids is 2. The Bertz CT molecular complexity index is 670. The van der Waals surface area contributed by atoms with Crippen molar-refractivity contribution in [2.75, 3.05) is 26.2 Å². The molecule has 0 saturated carbocycles. The molecule has 2 rings (SSSR count). The molecule has 0 bridgehead atoms. The molecule has 1 aliphatic heterocycles. The van der Waals surface area contributed by atoms with Crippen LogP contribution >= 0.6 is 0 Å². The van der Waals surface area contributed by atoms with E-state index in [0.29, 0.717) is 25.6 Å². The molecule has 1 saturated heterocycles. The molecule has 1 aliphatic rings. The van der Waals surface area contributed by atoms with Crippen molar-refractivity contribution in [3.05, 3.63) is 35.6 Å². The number of hydrogen-bond acceptors (Lipinski definition) is 3. The summed E-state index contributed by atoms with van der Waals surface area (Å²) in [4.78, 5) is 28.8. The predicted molar refractivity (Wildman–Crippen MR) is 102 cm³/mol. The summed E-state index contributed by atoms with van der Waals surface area (Å²) in [5.41, 5.74) is 0.162. The Morgan fingerprint density at radius 3 is 2.59 bits per heavy atom. The van der Waals surface area contributed by atoms with Gasteiger partial charge in [-0.1, -0.05) is 46.8 Å². The van der Waals surface area contributed by atoms with Crippen LogP contribution in [0.4, 0.5) is 4.39 Å². The Kier molecular flexibility index (Phi) is 6.98. The van der Waals surface area contributed by atoms with Crippen LogP contribution in [-0.4, -0.2) is 53.9 Å². The monoisotopic (exact) mass is 378 g/mol. The van der Waals surface area contributed by atoms with Gasteiger partial charge in [0.25, 0.3) is 0 Å². The van der Waals surface area contributed by atoms with Crippen LogP contribution in [0.15, 0.2) is 24.3 Å². The van der Waals surface area contributed by atoms with Crippen molar-refractivity contribution < 1.29 is 18.7 Å². The third kappa shape index (κ3) is 6.31. The van der Waals surface area contributed by atoms with Crippen LogP contribution in [0.25, 0.3) is 0 Å². The van der Waals surface area contributed by atoms with Crippen LogP contribution < -0.4 is 0 Å².